The second-order valence-corrected chi connectivity index (χ2v) is 5.66. The minimum atomic E-state index is -0.00931. The first-order valence-corrected chi connectivity index (χ1v) is 6.80. The molecule has 4 heteroatoms. The Morgan fingerprint density at radius 1 is 1.50 bits per heavy atom. The molecule has 0 aliphatic rings. The van der Waals surface area contributed by atoms with Gasteiger partial charge in [-0.15, -0.1) is 0 Å². The van der Waals surface area contributed by atoms with Gasteiger partial charge in [0, 0.05) is 11.5 Å². The van der Waals surface area contributed by atoms with Crippen molar-refractivity contribution in [3.8, 4) is 0 Å². The Morgan fingerprint density at radius 2 is 2.14 bits per heavy atom. The molecule has 1 heterocycles. The number of nitrogens with zero attached hydrogens (tertiary/aromatic N) is 2. The van der Waals surface area contributed by atoms with Crippen molar-refractivity contribution in [2.45, 2.75) is 30.8 Å². The molecule has 0 radical (unpaired) electrons. The van der Waals surface area contributed by atoms with E-state index in [4.69, 9.17) is 0 Å². The van der Waals surface area contributed by atoms with Gasteiger partial charge < -0.3 is 0 Å². The Balaban J connectivity index is 3.12. The van der Waals surface area contributed by atoms with E-state index in [9.17, 15) is 0 Å². The molecule has 78 valence electrons. The first kappa shape index (κ1) is 12.0. The van der Waals surface area contributed by atoms with Crippen molar-refractivity contribution in [2.75, 3.05) is 6.26 Å². The van der Waals surface area contributed by atoms with Crippen molar-refractivity contribution in [3.05, 3.63) is 23.3 Å². The van der Waals surface area contributed by atoms with Crippen LogP contribution in [0.25, 0.3) is 0 Å². The van der Waals surface area contributed by atoms with Gasteiger partial charge in [0.15, 0.2) is 0 Å². The predicted molar refractivity (Wildman–Crippen MR) is 65.9 cm³/mol. The Hall–Kier alpha value is -0.0900. The summed E-state index contributed by atoms with van der Waals surface area (Å²) < 4.78 is -0.00931. The highest BCUT2D eigenvalue weighted by molar-refractivity contribution is 9.08. The summed E-state index contributed by atoms with van der Waals surface area (Å²) in [6, 6.07) is 0. The van der Waals surface area contributed by atoms with E-state index in [1.165, 1.54) is 0 Å². The smallest absolute Gasteiger partial charge is 0.144 e. The number of alkyl halides is 1. The van der Waals surface area contributed by atoms with Crippen molar-refractivity contribution in [1.29, 1.82) is 0 Å². The minimum Gasteiger partial charge on any atom is -0.240 e. The Morgan fingerprint density at radius 3 is 2.64 bits per heavy atom. The first-order chi connectivity index (χ1) is 6.51. The normalized spacial score (nSPS) is 11.8. The second-order valence-electron chi connectivity index (χ2n) is 3.67. The van der Waals surface area contributed by atoms with Crippen LogP contribution in [0.3, 0.4) is 0 Å². The lowest BCUT2D eigenvalue weighted by atomic mass is 10.2. The lowest BCUT2D eigenvalue weighted by Gasteiger charge is -2.20. The molecule has 0 bridgehead atoms. The van der Waals surface area contributed by atoms with Crippen LogP contribution < -0.4 is 0 Å². The third-order valence-corrected chi connectivity index (χ3v) is 3.99. The summed E-state index contributed by atoms with van der Waals surface area (Å²) in [5.41, 5.74) is 2.22. The number of hydrogen-bond donors (Lipinski definition) is 0. The van der Waals surface area contributed by atoms with E-state index in [2.05, 4.69) is 46.0 Å². The Bertz CT molecular complexity index is 326. The van der Waals surface area contributed by atoms with Gasteiger partial charge in [0.1, 0.15) is 5.82 Å². The lowest BCUT2D eigenvalue weighted by molar-refractivity contribution is 0.700. The maximum Gasteiger partial charge on any atom is 0.144 e. The fourth-order valence-electron chi connectivity index (χ4n) is 0.994. The number of rotatable bonds is 3. The Labute approximate surface area is 98.1 Å². The first-order valence-electron chi connectivity index (χ1n) is 4.45. The molecule has 0 spiro atoms. The van der Waals surface area contributed by atoms with Crippen LogP contribution in [-0.2, 0) is 10.1 Å². The van der Waals surface area contributed by atoms with Crippen molar-refractivity contribution in [2.24, 2.45) is 0 Å². The van der Waals surface area contributed by atoms with Gasteiger partial charge in [-0.3, -0.25) is 0 Å². The van der Waals surface area contributed by atoms with E-state index in [1.54, 1.807) is 11.8 Å². The molecule has 0 saturated carbocycles. The van der Waals surface area contributed by atoms with Crippen LogP contribution in [0, 0.1) is 6.92 Å². The number of thioether (sulfide) groups is 1. The van der Waals surface area contributed by atoms with E-state index in [-0.39, 0.29) is 4.75 Å². The van der Waals surface area contributed by atoms with Crippen LogP contribution in [0.2, 0.25) is 0 Å². The third-order valence-electron chi connectivity index (χ3n) is 2.25. The standard InChI is InChI=1S/C10H15BrN2S/c1-7-6-12-9(10(2,3)14-4)13-8(7)5-11/h6H,5H2,1-4H3. The highest BCUT2D eigenvalue weighted by atomic mass is 79.9. The van der Waals surface area contributed by atoms with Crippen LogP contribution in [0.4, 0.5) is 0 Å². The highest BCUT2D eigenvalue weighted by Crippen LogP contribution is 2.31. The largest absolute Gasteiger partial charge is 0.240 e. The molecule has 0 fully saturated rings. The summed E-state index contributed by atoms with van der Waals surface area (Å²) in [4.78, 5) is 8.93. The maximum atomic E-state index is 4.55. The average Bonchev–Trinajstić information content (AvgIpc) is 2.18. The lowest BCUT2D eigenvalue weighted by Crippen LogP contribution is -2.17. The molecule has 0 N–H and O–H groups in total. The molecule has 0 saturated heterocycles. The van der Waals surface area contributed by atoms with Gasteiger partial charge in [-0.1, -0.05) is 15.9 Å². The van der Waals surface area contributed by atoms with Crippen LogP contribution >= 0.6 is 27.7 Å². The number of hydrogen-bond acceptors (Lipinski definition) is 3. The van der Waals surface area contributed by atoms with Crippen LogP contribution in [0.15, 0.2) is 6.20 Å². The van der Waals surface area contributed by atoms with Gasteiger partial charge in [-0.2, -0.15) is 11.8 Å². The second kappa shape index (κ2) is 4.62. The molecular formula is C10H15BrN2S. The number of halogens is 1. The summed E-state index contributed by atoms with van der Waals surface area (Å²) in [7, 11) is 0. The van der Waals surface area contributed by atoms with Crippen molar-refractivity contribution in [1.82, 2.24) is 9.97 Å². The van der Waals surface area contributed by atoms with Crippen LogP contribution in [0.5, 0.6) is 0 Å². The van der Waals surface area contributed by atoms with E-state index in [0.29, 0.717) is 0 Å². The van der Waals surface area contributed by atoms with Crippen LogP contribution in [0.1, 0.15) is 30.9 Å². The zero-order chi connectivity index (χ0) is 10.8. The topological polar surface area (TPSA) is 25.8 Å². The molecule has 0 unspecified atom stereocenters. The van der Waals surface area contributed by atoms with Crippen molar-refractivity contribution in [3.63, 3.8) is 0 Å². The Kier molecular flexibility index (Phi) is 3.95. The number of aromatic nitrogens is 2. The van der Waals surface area contributed by atoms with Gasteiger partial charge >= 0.3 is 0 Å². The summed E-state index contributed by atoms with van der Waals surface area (Å²) in [6.45, 7) is 6.31. The minimum absolute atomic E-state index is 0.00931. The molecule has 0 atom stereocenters. The zero-order valence-electron chi connectivity index (χ0n) is 8.97. The van der Waals surface area contributed by atoms with Gasteiger partial charge in [-0.05, 0) is 32.6 Å². The van der Waals surface area contributed by atoms with E-state index in [0.717, 1.165) is 22.4 Å². The molecule has 0 aromatic carbocycles. The van der Waals surface area contributed by atoms with Crippen molar-refractivity contribution < 1.29 is 0 Å². The van der Waals surface area contributed by atoms with E-state index in [1.807, 2.05) is 13.1 Å². The maximum absolute atomic E-state index is 4.55. The van der Waals surface area contributed by atoms with E-state index >= 15 is 0 Å². The molecule has 0 aliphatic heterocycles. The van der Waals surface area contributed by atoms with Gasteiger partial charge in [0.2, 0.25) is 0 Å². The average molecular weight is 275 g/mol. The van der Waals surface area contributed by atoms with Crippen molar-refractivity contribution >= 4 is 27.7 Å². The molecule has 14 heavy (non-hydrogen) atoms. The molecule has 2 nitrogen and oxygen atoms in total. The zero-order valence-corrected chi connectivity index (χ0v) is 11.4. The number of aryl methyl sites for hydroxylation is 1. The fourth-order valence-corrected chi connectivity index (χ4v) is 1.84. The summed E-state index contributed by atoms with van der Waals surface area (Å²) in [6.07, 6.45) is 3.98. The third kappa shape index (κ3) is 2.48. The van der Waals surface area contributed by atoms with Crippen LogP contribution in [-0.4, -0.2) is 16.2 Å². The summed E-state index contributed by atoms with van der Waals surface area (Å²) in [5, 5.41) is 0.790. The molecule has 1 aromatic heterocycles. The molecule has 0 aliphatic carbocycles. The highest BCUT2D eigenvalue weighted by Gasteiger charge is 2.22. The molecule has 1 rings (SSSR count). The van der Waals surface area contributed by atoms with Gasteiger partial charge in [0.05, 0.1) is 10.4 Å². The predicted octanol–water partition coefficient (Wildman–Crippen LogP) is 3.28. The van der Waals surface area contributed by atoms with Gasteiger partial charge in [-0.25, -0.2) is 9.97 Å². The molecular weight excluding hydrogens is 260 g/mol. The summed E-state index contributed by atoms with van der Waals surface area (Å²) >= 11 is 5.20. The van der Waals surface area contributed by atoms with Gasteiger partial charge in [0.25, 0.3) is 0 Å². The SMILES string of the molecule is CSC(C)(C)c1ncc(C)c(CBr)n1. The molecule has 1 aromatic rings. The van der Waals surface area contributed by atoms with E-state index < -0.39 is 0 Å². The summed E-state index contributed by atoms with van der Waals surface area (Å²) in [5.74, 6) is 0.907. The monoisotopic (exact) mass is 274 g/mol. The molecule has 0 amide bonds. The fraction of sp³-hybridized carbons (Fsp3) is 0.600. The quantitative estimate of drug-likeness (QED) is 0.792.